The Labute approximate surface area is 119 Å². The van der Waals surface area contributed by atoms with Crippen LogP contribution in [0.2, 0.25) is 0 Å². The Morgan fingerprint density at radius 3 is 2.95 bits per heavy atom. The van der Waals surface area contributed by atoms with E-state index in [1.165, 1.54) is 0 Å². The summed E-state index contributed by atoms with van der Waals surface area (Å²) in [5, 5.41) is 11.4. The number of methoxy groups -OCH3 is 1. The molecule has 1 heterocycles. The smallest absolute Gasteiger partial charge is 0.228 e. The van der Waals surface area contributed by atoms with E-state index in [2.05, 4.69) is 22.1 Å². The number of amides is 1. The number of carbonyl (C=O) groups is 1. The molecule has 5 heteroatoms. The lowest BCUT2D eigenvalue weighted by molar-refractivity contribution is -0.121. The Kier molecular flexibility index (Phi) is 6.16. The fourth-order valence-electron chi connectivity index (χ4n) is 1.44. The third kappa shape index (κ3) is 5.83. The first-order valence-electron chi connectivity index (χ1n) is 6.37. The molecule has 1 aromatic rings. The fourth-order valence-corrected chi connectivity index (χ4v) is 1.44. The maximum Gasteiger partial charge on any atom is 0.228 e. The molecule has 0 saturated heterocycles. The molecule has 5 nitrogen and oxygen atoms in total. The minimum absolute atomic E-state index is 0.0355. The first kappa shape index (κ1) is 16.2. The van der Waals surface area contributed by atoms with Gasteiger partial charge in [-0.3, -0.25) is 4.79 Å². The van der Waals surface area contributed by atoms with Crippen LogP contribution in [0.25, 0.3) is 0 Å². The van der Waals surface area contributed by atoms with E-state index < -0.39 is 5.60 Å². The van der Waals surface area contributed by atoms with Gasteiger partial charge in [0.1, 0.15) is 5.82 Å². The average Bonchev–Trinajstić information content (AvgIpc) is 2.39. The summed E-state index contributed by atoms with van der Waals surface area (Å²) in [5.74, 6) is 6.01. The van der Waals surface area contributed by atoms with Crippen molar-refractivity contribution >= 4 is 11.7 Å². The van der Waals surface area contributed by atoms with Gasteiger partial charge in [0.05, 0.1) is 18.6 Å². The SMILES string of the molecule is COC(C)(C)CC(=O)Nc1cc(C#CCCO)ccn1. The van der Waals surface area contributed by atoms with E-state index in [1.807, 2.05) is 13.8 Å². The van der Waals surface area contributed by atoms with Crippen molar-refractivity contribution in [1.29, 1.82) is 0 Å². The molecule has 0 unspecified atom stereocenters. The van der Waals surface area contributed by atoms with Crippen LogP contribution in [0.4, 0.5) is 5.82 Å². The summed E-state index contributed by atoms with van der Waals surface area (Å²) in [6.07, 6.45) is 2.25. The normalized spacial score (nSPS) is 10.6. The Morgan fingerprint density at radius 2 is 2.30 bits per heavy atom. The molecule has 0 bridgehead atoms. The lowest BCUT2D eigenvalue weighted by atomic mass is 10.1. The van der Waals surface area contributed by atoms with Gasteiger partial charge >= 0.3 is 0 Å². The summed E-state index contributed by atoms with van der Waals surface area (Å²) in [7, 11) is 1.57. The van der Waals surface area contributed by atoms with E-state index >= 15 is 0 Å². The molecule has 0 aliphatic rings. The quantitative estimate of drug-likeness (QED) is 0.801. The average molecular weight is 276 g/mol. The summed E-state index contributed by atoms with van der Waals surface area (Å²) in [6.45, 7) is 3.72. The number of nitrogens with one attached hydrogen (secondary N) is 1. The molecule has 0 saturated carbocycles. The van der Waals surface area contributed by atoms with Crippen molar-refractivity contribution in [2.75, 3.05) is 19.0 Å². The number of rotatable bonds is 5. The van der Waals surface area contributed by atoms with E-state index in [9.17, 15) is 4.79 Å². The van der Waals surface area contributed by atoms with Gasteiger partial charge in [-0.05, 0) is 26.0 Å². The Morgan fingerprint density at radius 1 is 1.55 bits per heavy atom. The lowest BCUT2D eigenvalue weighted by Gasteiger charge is -2.21. The highest BCUT2D eigenvalue weighted by Crippen LogP contribution is 2.14. The van der Waals surface area contributed by atoms with Crippen LogP contribution in [0.5, 0.6) is 0 Å². The monoisotopic (exact) mass is 276 g/mol. The number of aromatic nitrogens is 1. The zero-order valence-corrected chi connectivity index (χ0v) is 12.1. The molecule has 2 N–H and O–H groups in total. The Bertz CT molecular complexity index is 515. The highest BCUT2D eigenvalue weighted by atomic mass is 16.5. The second-order valence-corrected chi connectivity index (χ2v) is 4.89. The van der Waals surface area contributed by atoms with Crippen molar-refractivity contribution in [2.45, 2.75) is 32.3 Å². The van der Waals surface area contributed by atoms with Crippen molar-refractivity contribution in [2.24, 2.45) is 0 Å². The molecule has 1 aromatic heterocycles. The van der Waals surface area contributed by atoms with E-state index in [4.69, 9.17) is 9.84 Å². The van der Waals surface area contributed by atoms with E-state index in [0.717, 1.165) is 5.56 Å². The highest BCUT2D eigenvalue weighted by Gasteiger charge is 2.21. The van der Waals surface area contributed by atoms with E-state index in [1.54, 1.807) is 25.4 Å². The molecular formula is C15H20N2O3. The van der Waals surface area contributed by atoms with Crippen molar-refractivity contribution < 1.29 is 14.6 Å². The molecular weight excluding hydrogens is 256 g/mol. The zero-order valence-electron chi connectivity index (χ0n) is 12.1. The summed E-state index contributed by atoms with van der Waals surface area (Å²) in [5.41, 5.74) is 0.234. The maximum absolute atomic E-state index is 11.9. The molecule has 0 spiro atoms. The number of pyridine rings is 1. The van der Waals surface area contributed by atoms with Crippen LogP contribution in [-0.4, -0.2) is 35.3 Å². The second kappa shape index (κ2) is 7.63. The topological polar surface area (TPSA) is 71.5 Å². The van der Waals surface area contributed by atoms with Gasteiger partial charge in [0.2, 0.25) is 5.91 Å². The zero-order chi connectivity index (χ0) is 15.0. The molecule has 0 fully saturated rings. The van der Waals surface area contributed by atoms with Crippen molar-refractivity contribution in [3.63, 3.8) is 0 Å². The second-order valence-electron chi connectivity index (χ2n) is 4.89. The van der Waals surface area contributed by atoms with Gasteiger partial charge < -0.3 is 15.2 Å². The molecule has 108 valence electrons. The number of anilines is 1. The minimum Gasteiger partial charge on any atom is -0.395 e. The molecule has 1 rings (SSSR count). The molecule has 0 atom stereocenters. The van der Waals surface area contributed by atoms with Gasteiger partial charge in [0.15, 0.2) is 0 Å². The van der Waals surface area contributed by atoms with Crippen LogP contribution in [0, 0.1) is 11.8 Å². The lowest BCUT2D eigenvalue weighted by Crippen LogP contribution is -2.29. The number of carbonyl (C=O) groups excluding carboxylic acids is 1. The number of hydrogen-bond acceptors (Lipinski definition) is 4. The van der Waals surface area contributed by atoms with E-state index in [-0.39, 0.29) is 18.9 Å². The van der Waals surface area contributed by atoms with Crippen molar-refractivity contribution in [1.82, 2.24) is 4.98 Å². The summed E-state index contributed by atoms with van der Waals surface area (Å²) >= 11 is 0. The van der Waals surface area contributed by atoms with E-state index in [0.29, 0.717) is 12.2 Å². The summed E-state index contributed by atoms with van der Waals surface area (Å²) < 4.78 is 5.21. The molecule has 0 aromatic carbocycles. The van der Waals surface area contributed by atoms with Gasteiger partial charge in [-0.25, -0.2) is 4.98 Å². The number of aliphatic hydroxyl groups is 1. The molecule has 0 radical (unpaired) electrons. The molecule has 20 heavy (non-hydrogen) atoms. The van der Waals surface area contributed by atoms with Gasteiger partial charge in [-0.1, -0.05) is 11.8 Å². The number of aliphatic hydroxyl groups excluding tert-OH is 1. The summed E-state index contributed by atoms with van der Waals surface area (Å²) in [6, 6.07) is 3.45. The summed E-state index contributed by atoms with van der Waals surface area (Å²) in [4.78, 5) is 15.9. The highest BCUT2D eigenvalue weighted by molar-refractivity contribution is 5.90. The van der Waals surface area contributed by atoms with Crippen LogP contribution in [0.3, 0.4) is 0 Å². The number of nitrogens with zero attached hydrogens (tertiary/aromatic N) is 1. The third-order valence-electron chi connectivity index (χ3n) is 2.64. The predicted molar refractivity (Wildman–Crippen MR) is 77.2 cm³/mol. The largest absolute Gasteiger partial charge is 0.395 e. The molecule has 0 aliphatic heterocycles. The van der Waals surface area contributed by atoms with Crippen LogP contribution in [0.15, 0.2) is 18.3 Å². The van der Waals surface area contributed by atoms with Gasteiger partial charge in [0, 0.05) is 25.3 Å². The molecule has 0 aliphatic carbocycles. The molecule has 1 amide bonds. The number of ether oxygens (including phenoxy) is 1. The standard InChI is InChI=1S/C15H20N2O3/c1-15(2,20-3)11-14(19)17-13-10-12(7-8-16-13)6-4-5-9-18/h7-8,10,18H,5,9,11H2,1-3H3,(H,16,17,19). The Hall–Kier alpha value is -1.90. The van der Waals surface area contributed by atoms with Crippen LogP contribution in [-0.2, 0) is 9.53 Å². The maximum atomic E-state index is 11.9. The van der Waals surface area contributed by atoms with Crippen LogP contribution in [0.1, 0.15) is 32.3 Å². The predicted octanol–water partition coefficient (Wildman–Crippen LogP) is 1.57. The third-order valence-corrected chi connectivity index (χ3v) is 2.64. The van der Waals surface area contributed by atoms with Gasteiger partial charge in [0.25, 0.3) is 0 Å². The Balaban J connectivity index is 2.67. The first-order valence-corrected chi connectivity index (χ1v) is 6.37. The first-order chi connectivity index (χ1) is 9.46. The van der Waals surface area contributed by atoms with Crippen molar-refractivity contribution in [3.05, 3.63) is 23.9 Å². The number of hydrogen-bond donors (Lipinski definition) is 2. The van der Waals surface area contributed by atoms with Crippen LogP contribution < -0.4 is 5.32 Å². The minimum atomic E-state index is -0.511. The van der Waals surface area contributed by atoms with Gasteiger partial charge in [-0.15, -0.1) is 0 Å². The van der Waals surface area contributed by atoms with Gasteiger partial charge in [-0.2, -0.15) is 0 Å². The fraction of sp³-hybridized carbons (Fsp3) is 0.467. The van der Waals surface area contributed by atoms with Crippen molar-refractivity contribution in [3.8, 4) is 11.8 Å². The van der Waals surface area contributed by atoms with Crippen LogP contribution >= 0.6 is 0 Å².